The number of carbonyl (C=O) groups is 1. The van der Waals surface area contributed by atoms with Gasteiger partial charge in [0.1, 0.15) is 0 Å². The number of piperidine rings is 1. The van der Waals surface area contributed by atoms with E-state index in [0.717, 1.165) is 35.7 Å². The van der Waals surface area contributed by atoms with Crippen molar-refractivity contribution in [2.45, 2.75) is 51.7 Å². The van der Waals surface area contributed by atoms with Crippen LogP contribution in [0.15, 0.2) is 30.5 Å². The Hall–Kier alpha value is -2.14. The van der Waals surface area contributed by atoms with E-state index in [-0.39, 0.29) is 5.91 Å². The maximum Gasteiger partial charge on any atom is 0.255 e. The Morgan fingerprint density at radius 2 is 2.00 bits per heavy atom. The van der Waals surface area contributed by atoms with E-state index in [1.807, 2.05) is 37.4 Å². The highest BCUT2D eigenvalue weighted by Crippen LogP contribution is 2.23. The van der Waals surface area contributed by atoms with Gasteiger partial charge in [0, 0.05) is 42.8 Å². The van der Waals surface area contributed by atoms with Gasteiger partial charge in [0.15, 0.2) is 0 Å². The second kappa shape index (κ2) is 6.64. The normalized spacial score (nSPS) is 22.9. The van der Waals surface area contributed by atoms with Crippen LogP contribution < -0.4 is 5.32 Å². The van der Waals surface area contributed by atoms with Crippen molar-refractivity contribution in [2.75, 3.05) is 13.1 Å². The van der Waals surface area contributed by atoms with Crippen LogP contribution in [-0.4, -0.2) is 45.5 Å². The fraction of sp³-hybridized carbons (Fsp3) is 0.500. The van der Waals surface area contributed by atoms with Crippen molar-refractivity contribution in [3.63, 3.8) is 0 Å². The molecule has 5 nitrogen and oxygen atoms in total. The summed E-state index contributed by atoms with van der Waals surface area (Å²) in [5.41, 5.74) is 4.01. The summed E-state index contributed by atoms with van der Waals surface area (Å²) in [6.07, 6.45) is 5.45. The Kier molecular flexibility index (Phi) is 4.34. The fourth-order valence-corrected chi connectivity index (χ4v) is 4.26. The molecule has 5 heteroatoms. The second-order valence-corrected chi connectivity index (χ2v) is 7.39. The Morgan fingerprint density at radius 1 is 1.24 bits per heavy atom. The molecule has 2 saturated heterocycles. The molecule has 4 rings (SSSR count). The van der Waals surface area contributed by atoms with Gasteiger partial charge in [0.25, 0.3) is 5.91 Å². The largest absolute Gasteiger partial charge is 0.342 e. The molecule has 2 aromatic rings. The van der Waals surface area contributed by atoms with Crippen molar-refractivity contribution in [3.8, 4) is 0 Å². The molecule has 132 valence electrons. The van der Waals surface area contributed by atoms with Crippen LogP contribution in [0.3, 0.4) is 0 Å². The van der Waals surface area contributed by atoms with Crippen molar-refractivity contribution in [1.29, 1.82) is 0 Å². The smallest absolute Gasteiger partial charge is 0.255 e. The average Bonchev–Trinajstić information content (AvgIpc) is 2.90. The van der Waals surface area contributed by atoms with Gasteiger partial charge in [-0.15, -0.1) is 0 Å². The standard InChI is InChI=1S/C20H26N4O/c1-14-10-19(15(2)24(14)13-16-6-3-4-9-21-16)20(25)23-11-17-7-5-8-18(12-23)22-17/h3-4,6,9-10,17-18,22H,5,7-8,11-13H2,1-2H3. The summed E-state index contributed by atoms with van der Waals surface area (Å²) in [5.74, 6) is 0.179. The first-order valence-corrected chi connectivity index (χ1v) is 9.24. The maximum atomic E-state index is 13.1. The second-order valence-electron chi connectivity index (χ2n) is 7.39. The number of hydrogen-bond donors (Lipinski definition) is 1. The van der Waals surface area contributed by atoms with Gasteiger partial charge in [-0.1, -0.05) is 12.5 Å². The third kappa shape index (κ3) is 3.21. The van der Waals surface area contributed by atoms with Gasteiger partial charge in [-0.05, 0) is 44.9 Å². The van der Waals surface area contributed by atoms with E-state index in [9.17, 15) is 4.79 Å². The van der Waals surface area contributed by atoms with Crippen molar-refractivity contribution in [1.82, 2.24) is 19.8 Å². The van der Waals surface area contributed by atoms with Gasteiger partial charge < -0.3 is 14.8 Å². The zero-order valence-electron chi connectivity index (χ0n) is 15.0. The van der Waals surface area contributed by atoms with E-state index in [1.165, 1.54) is 19.3 Å². The van der Waals surface area contributed by atoms with Crippen LogP contribution in [-0.2, 0) is 6.54 Å². The average molecular weight is 338 g/mol. The zero-order valence-corrected chi connectivity index (χ0v) is 15.0. The number of likely N-dealkylation sites (tertiary alicyclic amines) is 1. The molecule has 2 aliphatic heterocycles. The molecule has 2 aliphatic rings. The quantitative estimate of drug-likeness (QED) is 0.935. The molecule has 0 saturated carbocycles. The maximum absolute atomic E-state index is 13.1. The van der Waals surface area contributed by atoms with E-state index in [4.69, 9.17) is 0 Å². The third-order valence-electron chi connectivity index (χ3n) is 5.60. The lowest BCUT2D eigenvalue weighted by Crippen LogP contribution is -2.59. The van der Waals surface area contributed by atoms with Crippen molar-refractivity contribution >= 4 is 5.91 Å². The molecule has 0 radical (unpaired) electrons. The number of amides is 1. The summed E-state index contributed by atoms with van der Waals surface area (Å²) < 4.78 is 2.19. The summed E-state index contributed by atoms with van der Waals surface area (Å²) >= 11 is 0. The Morgan fingerprint density at radius 3 is 2.68 bits per heavy atom. The first-order valence-electron chi connectivity index (χ1n) is 9.24. The van der Waals surface area contributed by atoms with E-state index >= 15 is 0 Å². The fourth-order valence-electron chi connectivity index (χ4n) is 4.26. The molecule has 0 aliphatic carbocycles. The van der Waals surface area contributed by atoms with Crippen molar-refractivity contribution in [2.24, 2.45) is 0 Å². The molecular weight excluding hydrogens is 312 g/mol. The van der Waals surface area contributed by atoms with E-state index < -0.39 is 0 Å². The third-order valence-corrected chi connectivity index (χ3v) is 5.60. The number of aromatic nitrogens is 2. The number of rotatable bonds is 3. The van der Waals surface area contributed by atoms with E-state index in [0.29, 0.717) is 18.6 Å². The minimum atomic E-state index is 0.179. The molecule has 1 amide bonds. The molecule has 2 atom stereocenters. The molecule has 0 spiro atoms. The molecule has 1 N–H and O–H groups in total. The Bertz CT molecular complexity index is 756. The van der Waals surface area contributed by atoms with Gasteiger partial charge >= 0.3 is 0 Å². The van der Waals surface area contributed by atoms with E-state index in [1.54, 1.807) is 0 Å². The molecular formula is C20H26N4O. The highest BCUT2D eigenvalue weighted by Gasteiger charge is 2.33. The summed E-state index contributed by atoms with van der Waals surface area (Å²) in [6, 6.07) is 8.93. The first-order chi connectivity index (χ1) is 12.1. The number of piperazine rings is 1. The number of fused-ring (bicyclic) bond motifs is 2. The van der Waals surface area contributed by atoms with Crippen molar-refractivity contribution < 1.29 is 4.79 Å². The van der Waals surface area contributed by atoms with Gasteiger partial charge in [-0.2, -0.15) is 0 Å². The van der Waals surface area contributed by atoms with Gasteiger partial charge in [-0.3, -0.25) is 9.78 Å². The molecule has 2 aromatic heterocycles. The van der Waals surface area contributed by atoms with Crippen molar-refractivity contribution in [3.05, 3.63) is 53.1 Å². The lowest BCUT2D eigenvalue weighted by atomic mass is 9.94. The SMILES string of the molecule is Cc1cc(C(=O)N2CC3CCCC(C2)N3)c(C)n1Cc1ccccn1. The molecule has 2 bridgehead atoms. The predicted octanol–water partition coefficient (Wildman–Crippen LogP) is 2.51. The Balaban J connectivity index is 1.56. The minimum absolute atomic E-state index is 0.179. The van der Waals surface area contributed by atoms with Crippen LogP contribution in [0.5, 0.6) is 0 Å². The Labute approximate surface area is 149 Å². The highest BCUT2D eigenvalue weighted by atomic mass is 16.2. The van der Waals surface area contributed by atoms with E-state index in [2.05, 4.69) is 26.7 Å². The summed E-state index contributed by atoms with van der Waals surface area (Å²) in [4.78, 5) is 19.6. The summed E-state index contributed by atoms with van der Waals surface area (Å²) in [5, 5.41) is 3.65. The van der Waals surface area contributed by atoms with Crippen LogP contribution in [0.4, 0.5) is 0 Å². The summed E-state index contributed by atoms with van der Waals surface area (Å²) in [6.45, 7) is 6.49. The number of nitrogens with one attached hydrogen (secondary N) is 1. The first kappa shape index (κ1) is 16.3. The lowest BCUT2D eigenvalue weighted by Gasteiger charge is -2.42. The molecule has 4 heterocycles. The number of aryl methyl sites for hydroxylation is 1. The van der Waals surface area contributed by atoms with Gasteiger partial charge in [0.2, 0.25) is 0 Å². The number of hydrogen-bond acceptors (Lipinski definition) is 3. The number of carbonyl (C=O) groups excluding carboxylic acids is 1. The van der Waals surface area contributed by atoms with Crippen LogP contribution in [0, 0.1) is 13.8 Å². The van der Waals surface area contributed by atoms with Crippen LogP contribution in [0.2, 0.25) is 0 Å². The number of pyridine rings is 1. The molecule has 2 fully saturated rings. The monoisotopic (exact) mass is 338 g/mol. The number of nitrogens with zero attached hydrogens (tertiary/aromatic N) is 3. The van der Waals surface area contributed by atoms with Crippen LogP contribution >= 0.6 is 0 Å². The highest BCUT2D eigenvalue weighted by molar-refractivity contribution is 5.96. The molecule has 0 aromatic carbocycles. The van der Waals surface area contributed by atoms with Crippen LogP contribution in [0.25, 0.3) is 0 Å². The van der Waals surface area contributed by atoms with Gasteiger partial charge in [-0.25, -0.2) is 0 Å². The zero-order chi connectivity index (χ0) is 17.4. The molecule has 2 unspecified atom stereocenters. The predicted molar refractivity (Wildman–Crippen MR) is 97.7 cm³/mol. The van der Waals surface area contributed by atoms with Gasteiger partial charge in [0.05, 0.1) is 17.8 Å². The van der Waals surface area contributed by atoms with Crippen LogP contribution in [0.1, 0.15) is 46.7 Å². The molecule has 25 heavy (non-hydrogen) atoms. The lowest BCUT2D eigenvalue weighted by molar-refractivity contribution is 0.0607. The summed E-state index contributed by atoms with van der Waals surface area (Å²) in [7, 11) is 0. The minimum Gasteiger partial charge on any atom is -0.342 e. The topological polar surface area (TPSA) is 50.2 Å².